The molecule has 170 valence electrons. The standard InChI is InChI=1S/C25H31N3O4/c1-17-12-22-23(32-16-31-22)13-19(17)15-28-10-4-6-18(14-28)24(20-7-2-3-9-26-20)27-25(29)21-8-5-11-30-21/h2-3,7,9,12-13,18,21,24H,4-6,8,10-11,14-16H2,1H3,(H,27,29)/t18-,21+,24-/m0/s1. The molecule has 0 aliphatic carbocycles. The average molecular weight is 438 g/mol. The van der Waals surface area contributed by atoms with Crippen molar-refractivity contribution in [3.05, 3.63) is 53.3 Å². The van der Waals surface area contributed by atoms with E-state index in [9.17, 15) is 4.79 Å². The maximum absolute atomic E-state index is 12.9. The second-order valence-electron chi connectivity index (χ2n) is 9.01. The highest BCUT2D eigenvalue weighted by Crippen LogP contribution is 2.36. The number of rotatable bonds is 6. The predicted molar refractivity (Wildman–Crippen MR) is 119 cm³/mol. The third-order valence-electron chi connectivity index (χ3n) is 6.76. The van der Waals surface area contributed by atoms with Crippen molar-refractivity contribution < 1.29 is 19.0 Å². The van der Waals surface area contributed by atoms with Crippen molar-refractivity contribution in [3.63, 3.8) is 0 Å². The number of nitrogens with one attached hydrogen (secondary N) is 1. The molecule has 7 heteroatoms. The van der Waals surface area contributed by atoms with Crippen LogP contribution in [0, 0.1) is 12.8 Å². The molecule has 1 aromatic carbocycles. The van der Waals surface area contributed by atoms with Gasteiger partial charge in [-0.2, -0.15) is 0 Å². The van der Waals surface area contributed by atoms with E-state index in [1.54, 1.807) is 6.20 Å². The van der Waals surface area contributed by atoms with Crippen LogP contribution in [0.25, 0.3) is 0 Å². The van der Waals surface area contributed by atoms with Gasteiger partial charge in [0.1, 0.15) is 6.10 Å². The molecule has 1 aromatic heterocycles. The van der Waals surface area contributed by atoms with Crippen LogP contribution < -0.4 is 14.8 Å². The summed E-state index contributed by atoms with van der Waals surface area (Å²) in [5, 5.41) is 3.29. The number of hydrogen-bond donors (Lipinski definition) is 1. The number of carbonyl (C=O) groups excluding carboxylic acids is 1. The van der Waals surface area contributed by atoms with Crippen LogP contribution in [-0.4, -0.2) is 48.4 Å². The number of carbonyl (C=O) groups is 1. The first-order valence-corrected chi connectivity index (χ1v) is 11.6. The summed E-state index contributed by atoms with van der Waals surface area (Å²) >= 11 is 0. The van der Waals surface area contributed by atoms with E-state index in [0.29, 0.717) is 19.3 Å². The summed E-state index contributed by atoms with van der Waals surface area (Å²) in [6.45, 7) is 5.88. The molecule has 7 nitrogen and oxygen atoms in total. The molecule has 1 amide bonds. The highest BCUT2D eigenvalue weighted by atomic mass is 16.7. The number of pyridine rings is 1. The second-order valence-corrected chi connectivity index (χ2v) is 9.01. The topological polar surface area (TPSA) is 72.9 Å². The fourth-order valence-corrected chi connectivity index (χ4v) is 5.03. The second kappa shape index (κ2) is 9.46. The lowest BCUT2D eigenvalue weighted by Gasteiger charge is -2.37. The molecule has 2 aromatic rings. The zero-order valence-electron chi connectivity index (χ0n) is 18.6. The Bertz CT molecular complexity index is 946. The lowest BCUT2D eigenvalue weighted by Crippen LogP contribution is -2.45. The first-order chi connectivity index (χ1) is 15.7. The lowest BCUT2D eigenvalue weighted by molar-refractivity contribution is -0.131. The van der Waals surface area contributed by atoms with E-state index in [2.05, 4.69) is 34.3 Å². The van der Waals surface area contributed by atoms with Crippen molar-refractivity contribution in [1.82, 2.24) is 15.2 Å². The van der Waals surface area contributed by atoms with Gasteiger partial charge >= 0.3 is 0 Å². The summed E-state index contributed by atoms with van der Waals surface area (Å²) in [6.07, 6.45) is 5.35. The van der Waals surface area contributed by atoms with Gasteiger partial charge in [0.25, 0.3) is 0 Å². The van der Waals surface area contributed by atoms with Gasteiger partial charge in [-0.05, 0) is 80.5 Å². The molecule has 0 unspecified atom stereocenters. The number of ether oxygens (including phenoxy) is 3. The van der Waals surface area contributed by atoms with Crippen LogP contribution in [0.15, 0.2) is 36.5 Å². The van der Waals surface area contributed by atoms with E-state index >= 15 is 0 Å². The maximum atomic E-state index is 12.9. The van der Waals surface area contributed by atoms with Gasteiger partial charge in [-0.25, -0.2) is 0 Å². The molecular formula is C25H31N3O4. The van der Waals surface area contributed by atoms with Gasteiger partial charge in [0.2, 0.25) is 12.7 Å². The number of likely N-dealkylation sites (tertiary alicyclic amines) is 1. The number of hydrogen-bond acceptors (Lipinski definition) is 6. The van der Waals surface area contributed by atoms with Gasteiger partial charge in [-0.1, -0.05) is 6.07 Å². The van der Waals surface area contributed by atoms with Crippen LogP contribution in [-0.2, 0) is 16.1 Å². The fourth-order valence-electron chi connectivity index (χ4n) is 5.03. The molecule has 32 heavy (non-hydrogen) atoms. The van der Waals surface area contributed by atoms with Crippen molar-refractivity contribution in [2.75, 3.05) is 26.5 Å². The van der Waals surface area contributed by atoms with E-state index in [4.69, 9.17) is 14.2 Å². The Labute approximate surface area is 189 Å². The van der Waals surface area contributed by atoms with E-state index < -0.39 is 0 Å². The summed E-state index contributed by atoms with van der Waals surface area (Å²) in [4.78, 5) is 20.0. The molecule has 4 heterocycles. The SMILES string of the molecule is Cc1cc2c(cc1CN1CCC[C@H]([C@H](NC(=O)[C@H]3CCCO3)c3ccccn3)C1)OCO2. The first-order valence-electron chi connectivity index (χ1n) is 11.6. The van der Waals surface area contributed by atoms with Crippen LogP contribution >= 0.6 is 0 Å². The molecule has 3 aliphatic rings. The summed E-state index contributed by atoms with van der Waals surface area (Å²) in [5.74, 6) is 1.93. The minimum Gasteiger partial charge on any atom is -0.454 e. The zero-order valence-corrected chi connectivity index (χ0v) is 18.6. The van der Waals surface area contributed by atoms with Gasteiger partial charge < -0.3 is 19.5 Å². The highest BCUT2D eigenvalue weighted by molar-refractivity contribution is 5.81. The van der Waals surface area contributed by atoms with Crippen molar-refractivity contribution in [2.24, 2.45) is 5.92 Å². The quantitative estimate of drug-likeness (QED) is 0.747. The van der Waals surface area contributed by atoms with E-state index in [-0.39, 0.29) is 18.1 Å². The number of piperidine rings is 1. The fraction of sp³-hybridized carbons (Fsp3) is 0.520. The van der Waals surface area contributed by atoms with Crippen molar-refractivity contribution in [3.8, 4) is 11.5 Å². The third kappa shape index (κ3) is 4.59. The molecule has 2 saturated heterocycles. The van der Waals surface area contributed by atoms with Gasteiger partial charge in [-0.3, -0.25) is 14.7 Å². The van der Waals surface area contributed by atoms with E-state index in [1.807, 2.05) is 18.2 Å². The Morgan fingerprint density at radius 2 is 2.09 bits per heavy atom. The maximum Gasteiger partial charge on any atom is 0.249 e. The Balaban J connectivity index is 1.31. The number of fused-ring (bicyclic) bond motifs is 1. The number of benzene rings is 1. The number of aryl methyl sites for hydroxylation is 1. The Kier molecular flexibility index (Phi) is 6.28. The summed E-state index contributed by atoms with van der Waals surface area (Å²) < 4.78 is 16.7. The molecule has 2 fully saturated rings. The Morgan fingerprint density at radius 1 is 1.22 bits per heavy atom. The molecule has 3 aliphatic heterocycles. The van der Waals surface area contributed by atoms with Crippen LogP contribution in [0.2, 0.25) is 0 Å². The molecular weight excluding hydrogens is 406 g/mol. The van der Waals surface area contributed by atoms with E-state index in [1.165, 1.54) is 11.1 Å². The van der Waals surface area contributed by atoms with Crippen LogP contribution in [0.5, 0.6) is 11.5 Å². The first kappa shape index (κ1) is 21.2. The Hall–Kier alpha value is -2.64. The average Bonchev–Trinajstić information content (AvgIpc) is 3.50. The molecule has 0 bridgehead atoms. The monoisotopic (exact) mass is 437 g/mol. The highest BCUT2D eigenvalue weighted by Gasteiger charge is 2.33. The normalized spacial score (nSPS) is 23.8. The summed E-state index contributed by atoms with van der Waals surface area (Å²) in [5.41, 5.74) is 3.39. The largest absolute Gasteiger partial charge is 0.454 e. The van der Waals surface area contributed by atoms with Crippen molar-refractivity contribution in [1.29, 1.82) is 0 Å². The van der Waals surface area contributed by atoms with Gasteiger partial charge in [0, 0.05) is 25.9 Å². The van der Waals surface area contributed by atoms with E-state index in [0.717, 1.165) is 62.5 Å². The van der Waals surface area contributed by atoms with Crippen LogP contribution in [0.4, 0.5) is 0 Å². The molecule has 5 rings (SSSR count). The van der Waals surface area contributed by atoms with Crippen LogP contribution in [0.3, 0.4) is 0 Å². The summed E-state index contributed by atoms with van der Waals surface area (Å²) in [7, 11) is 0. The molecule has 1 N–H and O–H groups in total. The molecule has 0 spiro atoms. The zero-order chi connectivity index (χ0) is 21.9. The minimum atomic E-state index is -0.336. The number of amides is 1. The van der Waals surface area contributed by atoms with Gasteiger partial charge in [0.15, 0.2) is 11.5 Å². The lowest BCUT2D eigenvalue weighted by atomic mass is 9.87. The number of nitrogens with zero attached hydrogens (tertiary/aromatic N) is 2. The third-order valence-corrected chi connectivity index (χ3v) is 6.76. The molecule has 3 atom stereocenters. The van der Waals surface area contributed by atoms with Gasteiger partial charge in [0.05, 0.1) is 11.7 Å². The number of aromatic nitrogens is 1. The minimum absolute atomic E-state index is 0.0121. The molecule has 0 radical (unpaired) electrons. The van der Waals surface area contributed by atoms with Crippen molar-refractivity contribution in [2.45, 2.75) is 51.3 Å². The smallest absolute Gasteiger partial charge is 0.249 e. The molecule has 0 saturated carbocycles. The van der Waals surface area contributed by atoms with Crippen LogP contribution in [0.1, 0.15) is 48.5 Å². The predicted octanol–water partition coefficient (Wildman–Crippen LogP) is 3.37. The van der Waals surface area contributed by atoms with Gasteiger partial charge in [-0.15, -0.1) is 0 Å². The summed E-state index contributed by atoms with van der Waals surface area (Å²) in [6, 6.07) is 9.98. The van der Waals surface area contributed by atoms with Crippen molar-refractivity contribution >= 4 is 5.91 Å². The Morgan fingerprint density at radius 3 is 2.88 bits per heavy atom.